The van der Waals surface area contributed by atoms with Crippen molar-refractivity contribution in [1.29, 1.82) is 5.26 Å². The largest absolute Gasteiger partial charge is 0.492 e. The summed E-state index contributed by atoms with van der Waals surface area (Å²) in [5, 5.41) is 12.3. The molecule has 0 atom stereocenters. The fourth-order valence-corrected chi connectivity index (χ4v) is 2.33. The molecule has 0 heterocycles. The van der Waals surface area contributed by atoms with Crippen LogP contribution in [0.1, 0.15) is 11.1 Å². The van der Waals surface area contributed by atoms with Crippen molar-refractivity contribution in [3.63, 3.8) is 0 Å². The van der Waals surface area contributed by atoms with Gasteiger partial charge >= 0.3 is 0 Å². The average molecular weight is 347 g/mol. The molecule has 21 heavy (non-hydrogen) atoms. The molecule has 0 bridgehead atoms. The smallest absolute Gasteiger partial charge is 0.169 e. The minimum Gasteiger partial charge on any atom is -0.492 e. The van der Waals surface area contributed by atoms with Crippen molar-refractivity contribution in [3.8, 4) is 23.3 Å². The Morgan fingerprint density at radius 3 is 2.71 bits per heavy atom. The van der Waals surface area contributed by atoms with Crippen LogP contribution < -0.4 is 14.8 Å². The Morgan fingerprint density at radius 1 is 1.24 bits per heavy atom. The molecule has 0 aliphatic heterocycles. The van der Waals surface area contributed by atoms with Crippen LogP contribution in [0.25, 0.3) is 0 Å². The van der Waals surface area contributed by atoms with Crippen LogP contribution >= 0.6 is 15.9 Å². The van der Waals surface area contributed by atoms with Crippen molar-refractivity contribution in [1.82, 2.24) is 5.32 Å². The highest BCUT2D eigenvalue weighted by molar-refractivity contribution is 9.10. The zero-order valence-electron chi connectivity index (χ0n) is 11.8. The van der Waals surface area contributed by atoms with Crippen LogP contribution in [-0.2, 0) is 6.54 Å². The SMILES string of the molecule is CNCc1cccc(Oc2cc(Br)ccc2C#N)c1OC. The molecule has 0 saturated carbocycles. The van der Waals surface area contributed by atoms with E-state index in [1.165, 1.54) is 0 Å². The zero-order valence-corrected chi connectivity index (χ0v) is 13.4. The van der Waals surface area contributed by atoms with Gasteiger partial charge in [-0.1, -0.05) is 28.1 Å². The number of nitrogens with zero attached hydrogens (tertiary/aromatic N) is 1. The van der Waals surface area contributed by atoms with Crippen molar-refractivity contribution in [2.24, 2.45) is 0 Å². The molecule has 0 amide bonds. The molecule has 2 aromatic carbocycles. The highest BCUT2D eigenvalue weighted by Gasteiger charge is 2.13. The molecule has 0 radical (unpaired) electrons. The molecule has 0 spiro atoms. The summed E-state index contributed by atoms with van der Waals surface area (Å²) in [6, 6.07) is 13.1. The van der Waals surface area contributed by atoms with Gasteiger partial charge in [-0.25, -0.2) is 0 Å². The van der Waals surface area contributed by atoms with E-state index in [1.807, 2.05) is 25.2 Å². The number of para-hydroxylation sites is 1. The number of hydrogen-bond acceptors (Lipinski definition) is 4. The van der Waals surface area contributed by atoms with Gasteiger partial charge in [0.25, 0.3) is 0 Å². The first-order valence-corrected chi connectivity index (χ1v) is 7.17. The fraction of sp³-hybridized carbons (Fsp3) is 0.188. The van der Waals surface area contributed by atoms with Crippen molar-refractivity contribution in [2.75, 3.05) is 14.2 Å². The summed E-state index contributed by atoms with van der Waals surface area (Å²) < 4.78 is 12.2. The Labute approximate surface area is 132 Å². The number of nitrogens with one attached hydrogen (secondary N) is 1. The monoisotopic (exact) mass is 346 g/mol. The summed E-state index contributed by atoms with van der Waals surface area (Å²) in [5.74, 6) is 1.74. The van der Waals surface area contributed by atoms with Gasteiger partial charge in [0.15, 0.2) is 11.5 Å². The van der Waals surface area contributed by atoms with E-state index in [9.17, 15) is 0 Å². The number of nitriles is 1. The zero-order chi connectivity index (χ0) is 15.2. The fourth-order valence-electron chi connectivity index (χ4n) is 1.99. The van der Waals surface area contributed by atoms with E-state index in [0.717, 1.165) is 10.0 Å². The van der Waals surface area contributed by atoms with Gasteiger partial charge in [0.1, 0.15) is 11.8 Å². The molecule has 0 aromatic heterocycles. The number of hydrogen-bond donors (Lipinski definition) is 1. The minimum absolute atomic E-state index is 0.472. The molecule has 0 unspecified atom stereocenters. The third kappa shape index (κ3) is 3.54. The van der Waals surface area contributed by atoms with E-state index < -0.39 is 0 Å². The summed E-state index contributed by atoms with van der Waals surface area (Å²) >= 11 is 3.38. The molecule has 2 aromatic rings. The van der Waals surface area contributed by atoms with E-state index in [4.69, 9.17) is 14.7 Å². The van der Waals surface area contributed by atoms with Gasteiger partial charge in [-0.3, -0.25) is 0 Å². The Morgan fingerprint density at radius 2 is 2.05 bits per heavy atom. The average Bonchev–Trinajstić information content (AvgIpc) is 2.48. The molecule has 1 N–H and O–H groups in total. The molecular formula is C16H15BrN2O2. The summed E-state index contributed by atoms with van der Waals surface area (Å²) in [4.78, 5) is 0. The Kier molecular flexibility index (Phi) is 5.20. The number of halogens is 1. The highest BCUT2D eigenvalue weighted by Crippen LogP contribution is 2.36. The van der Waals surface area contributed by atoms with Crippen LogP contribution in [0.15, 0.2) is 40.9 Å². The highest BCUT2D eigenvalue weighted by atomic mass is 79.9. The summed E-state index contributed by atoms with van der Waals surface area (Å²) in [6.45, 7) is 0.671. The van der Waals surface area contributed by atoms with Gasteiger partial charge in [0, 0.05) is 16.6 Å². The number of ether oxygens (including phenoxy) is 2. The summed E-state index contributed by atoms with van der Waals surface area (Å²) in [6.07, 6.45) is 0. The Hall–Kier alpha value is -2.03. The standard InChI is InChI=1S/C16H15BrN2O2/c1-19-10-12-4-3-5-14(16(12)20-2)21-15-8-13(17)7-6-11(15)9-18/h3-8,19H,10H2,1-2H3. The molecule has 0 fully saturated rings. The third-order valence-corrected chi connectivity index (χ3v) is 3.41. The lowest BCUT2D eigenvalue weighted by Gasteiger charge is -2.14. The first-order chi connectivity index (χ1) is 10.2. The van der Waals surface area contributed by atoms with Gasteiger partial charge in [0.2, 0.25) is 0 Å². The van der Waals surface area contributed by atoms with Crippen molar-refractivity contribution in [2.45, 2.75) is 6.54 Å². The van der Waals surface area contributed by atoms with Gasteiger partial charge in [-0.2, -0.15) is 5.26 Å². The van der Waals surface area contributed by atoms with Crippen molar-refractivity contribution < 1.29 is 9.47 Å². The molecule has 2 rings (SSSR count). The van der Waals surface area contributed by atoms with Gasteiger partial charge < -0.3 is 14.8 Å². The van der Waals surface area contributed by atoms with E-state index in [-0.39, 0.29) is 0 Å². The summed E-state index contributed by atoms with van der Waals surface area (Å²) in [7, 11) is 3.47. The van der Waals surface area contributed by atoms with Crippen LogP contribution in [0, 0.1) is 11.3 Å². The van der Waals surface area contributed by atoms with Crippen LogP contribution in [0.3, 0.4) is 0 Å². The van der Waals surface area contributed by atoms with Crippen molar-refractivity contribution >= 4 is 15.9 Å². The second kappa shape index (κ2) is 7.11. The topological polar surface area (TPSA) is 54.3 Å². The summed E-state index contributed by atoms with van der Waals surface area (Å²) in [5.41, 5.74) is 1.46. The minimum atomic E-state index is 0.472. The maximum Gasteiger partial charge on any atom is 0.169 e. The molecule has 4 nitrogen and oxygen atoms in total. The number of benzene rings is 2. The molecule has 0 aliphatic carbocycles. The van der Waals surface area contributed by atoms with Crippen LogP contribution in [-0.4, -0.2) is 14.2 Å². The first-order valence-electron chi connectivity index (χ1n) is 6.37. The molecule has 108 valence electrons. The molecule has 0 saturated heterocycles. The van der Waals surface area contributed by atoms with E-state index in [2.05, 4.69) is 27.3 Å². The maximum absolute atomic E-state index is 9.17. The number of rotatable bonds is 5. The second-order valence-corrected chi connectivity index (χ2v) is 5.25. The lowest BCUT2D eigenvalue weighted by molar-refractivity contribution is 0.373. The van der Waals surface area contributed by atoms with E-state index >= 15 is 0 Å². The quantitative estimate of drug-likeness (QED) is 0.893. The second-order valence-electron chi connectivity index (χ2n) is 4.33. The number of methoxy groups -OCH3 is 1. The van der Waals surface area contributed by atoms with Crippen LogP contribution in [0.5, 0.6) is 17.2 Å². The molecule has 5 heteroatoms. The first kappa shape index (κ1) is 15.4. The Bertz CT molecular complexity index is 680. The Balaban J connectivity index is 2.42. The van der Waals surface area contributed by atoms with Crippen LogP contribution in [0.2, 0.25) is 0 Å². The lowest BCUT2D eigenvalue weighted by atomic mass is 10.1. The molecular weight excluding hydrogens is 332 g/mol. The van der Waals surface area contributed by atoms with E-state index in [1.54, 1.807) is 25.3 Å². The van der Waals surface area contributed by atoms with E-state index in [0.29, 0.717) is 29.4 Å². The third-order valence-electron chi connectivity index (χ3n) is 2.92. The van der Waals surface area contributed by atoms with Gasteiger partial charge in [-0.05, 0) is 31.3 Å². The maximum atomic E-state index is 9.17. The predicted octanol–water partition coefficient (Wildman–Crippen LogP) is 3.84. The lowest BCUT2D eigenvalue weighted by Crippen LogP contribution is -2.07. The van der Waals surface area contributed by atoms with Gasteiger partial charge in [0.05, 0.1) is 12.7 Å². The van der Waals surface area contributed by atoms with Crippen LogP contribution in [0.4, 0.5) is 0 Å². The van der Waals surface area contributed by atoms with Gasteiger partial charge in [-0.15, -0.1) is 0 Å². The predicted molar refractivity (Wildman–Crippen MR) is 84.7 cm³/mol. The molecule has 0 aliphatic rings. The normalized spacial score (nSPS) is 10.0. The van der Waals surface area contributed by atoms with Crippen molar-refractivity contribution in [3.05, 3.63) is 52.0 Å².